The van der Waals surface area contributed by atoms with Crippen molar-refractivity contribution in [1.29, 1.82) is 0 Å². The number of aryl methyl sites for hydroxylation is 2. The van der Waals surface area contributed by atoms with Crippen LogP contribution in [0, 0.1) is 19.7 Å². The van der Waals surface area contributed by atoms with Crippen LogP contribution in [0.5, 0.6) is 0 Å². The highest BCUT2D eigenvalue weighted by atomic mass is 19.1. The van der Waals surface area contributed by atoms with E-state index in [1.807, 2.05) is 38.1 Å². The molecule has 24 heavy (non-hydrogen) atoms. The summed E-state index contributed by atoms with van der Waals surface area (Å²) in [7, 11) is 0. The van der Waals surface area contributed by atoms with Gasteiger partial charge in [0.1, 0.15) is 5.82 Å². The number of rotatable bonds is 4. The van der Waals surface area contributed by atoms with Crippen LogP contribution < -0.4 is 10.9 Å². The fourth-order valence-corrected chi connectivity index (χ4v) is 2.46. The number of hydrogen-bond donors (Lipinski definition) is 2. The molecule has 0 radical (unpaired) electrons. The number of nitrogens with zero attached hydrogens (tertiary/aromatic N) is 1. The van der Waals surface area contributed by atoms with Crippen molar-refractivity contribution < 1.29 is 4.39 Å². The van der Waals surface area contributed by atoms with E-state index in [1.165, 1.54) is 17.7 Å². The number of benzene rings is 2. The summed E-state index contributed by atoms with van der Waals surface area (Å²) in [6.45, 7) is 3.84. The molecule has 3 rings (SSSR count). The van der Waals surface area contributed by atoms with Crippen LogP contribution in [0.1, 0.15) is 22.4 Å². The Morgan fingerprint density at radius 3 is 2.33 bits per heavy atom. The van der Waals surface area contributed by atoms with Crippen LogP contribution in [0.15, 0.2) is 53.3 Å². The van der Waals surface area contributed by atoms with E-state index >= 15 is 0 Å². The third-order valence-electron chi connectivity index (χ3n) is 3.83. The van der Waals surface area contributed by atoms with Crippen LogP contribution in [0.2, 0.25) is 0 Å². The number of halogens is 1. The average Bonchev–Trinajstić information content (AvgIpc) is 2.55. The highest BCUT2D eigenvalue weighted by Gasteiger charge is 2.09. The quantitative estimate of drug-likeness (QED) is 0.766. The Labute approximate surface area is 139 Å². The van der Waals surface area contributed by atoms with Gasteiger partial charge in [-0.15, -0.1) is 0 Å². The van der Waals surface area contributed by atoms with Gasteiger partial charge in [0.05, 0.1) is 5.69 Å². The van der Waals surface area contributed by atoms with Crippen LogP contribution in [0.4, 0.5) is 16.0 Å². The van der Waals surface area contributed by atoms with Gasteiger partial charge < -0.3 is 5.32 Å². The van der Waals surface area contributed by atoms with E-state index in [1.54, 1.807) is 12.1 Å². The first-order chi connectivity index (χ1) is 11.5. The van der Waals surface area contributed by atoms with Crippen LogP contribution in [0.25, 0.3) is 0 Å². The Balaban J connectivity index is 1.84. The van der Waals surface area contributed by atoms with Gasteiger partial charge in [-0.3, -0.25) is 9.78 Å². The lowest BCUT2D eigenvalue weighted by atomic mass is 10.0. The monoisotopic (exact) mass is 323 g/mol. The molecule has 0 aliphatic heterocycles. The molecule has 0 amide bonds. The van der Waals surface area contributed by atoms with E-state index in [0.29, 0.717) is 29.3 Å². The summed E-state index contributed by atoms with van der Waals surface area (Å²) in [5, 5.41) is 2.98. The van der Waals surface area contributed by atoms with E-state index in [-0.39, 0.29) is 11.4 Å². The van der Waals surface area contributed by atoms with Gasteiger partial charge >= 0.3 is 0 Å². The number of H-pyrrole nitrogens is 1. The zero-order chi connectivity index (χ0) is 17.1. The molecule has 0 bridgehead atoms. The van der Waals surface area contributed by atoms with Crippen LogP contribution >= 0.6 is 0 Å². The third-order valence-corrected chi connectivity index (χ3v) is 3.83. The lowest BCUT2D eigenvalue weighted by molar-refractivity contribution is 0.628. The van der Waals surface area contributed by atoms with Gasteiger partial charge in [0, 0.05) is 17.7 Å². The second-order valence-electron chi connectivity index (χ2n) is 5.77. The van der Waals surface area contributed by atoms with Gasteiger partial charge in [-0.2, -0.15) is 0 Å². The Morgan fingerprint density at radius 1 is 1.04 bits per heavy atom. The Morgan fingerprint density at radius 2 is 1.71 bits per heavy atom. The maximum absolute atomic E-state index is 12.9. The molecule has 2 aromatic carbocycles. The van der Waals surface area contributed by atoms with Crippen LogP contribution in [0.3, 0.4) is 0 Å². The standard InChI is InChI=1S/C19H18FN3O/c1-12-3-5-14(6-4-12)11-17-13(2)21-19(23-18(17)24)22-16-9-7-15(20)8-10-16/h3-10H,11H2,1-2H3,(H2,21,22,23,24). The first-order valence-electron chi connectivity index (χ1n) is 7.69. The van der Waals surface area contributed by atoms with Crippen molar-refractivity contribution in [3.63, 3.8) is 0 Å². The summed E-state index contributed by atoms with van der Waals surface area (Å²) >= 11 is 0. The van der Waals surface area contributed by atoms with E-state index in [9.17, 15) is 9.18 Å². The van der Waals surface area contributed by atoms with Crippen molar-refractivity contribution in [3.8, 4) is 0 Å². The lowest BCUT2D eigenvalue weighted by Gasteiger charge is -2.09. The number of hydrogen-bond acceptors (Lipinski definition) is 3. The number of nitrogens with one attached hydrogen (secondary N) is 2. The molecule has 0 saturated heterocycles. The molecule has 1 heterocycles. The molecule has 5 heteroatoms. The summed E-state index contributed by atoms with van der Waals surface area (Å²) in [4.78, 5) is 19.5. The molecule has 122 valence electrons. The lowest BCUT2D eigenvalue weighted by Crippen LogP contribution is -2.18. The predicted octanol–water partition coefficient (Wildman–Crippen LogP) is 3.86. The molecular weight excluding hydrogens is 305 g/mol. The van der Waals surface area contributed by atoms with Gasteiger partial charge in [-0.1, -0.05) is 29.8 Å². The molecule has 3 aromatic rings. The van der Waals surface area contributed by atoms with Crippen molar-refractivity contribution in [2.75, 3.05) is 5.32 Å². The Bertz CT molecular complexity index is 899. The maximum atomic E-state index is 12.9. The number of aromatic nitrogens is 2. The molecule has 0 fully saturated rings. The predicted molar refractivity (Wildman–Crippen MR) is 93.3 cm³/mol. The molecule has 0 spiro atoms. The minimum absolute atomic E-state index is 0.173. The second kappa shape index (κ2) is 6.66. The van der Waals surface area contributed by atoms with Crippen molar-refractivity contribution in [2.24, 2.45) is 0 Å². The first-order valence-corrected chi connectivity index (χ1v) is 7.69. The maximum Gasteiger partial charge on any atom is 0.256 e. The topological polar surface area (TPSA) is 57.8 Å². The molecule has 0 saturated carbocycles. The van der Waals surface area contributed by atoms with Crippen LogP contribution in [-0.2, 0) is 6.42 Å². The molecular formula is C19H18FN3O. The van der Waals surface area contributed by atoms with Gasteiger partial charge in [-0.25, -0.2) is 9.37 Å². The SMILES string of the molecule is Cc1ccc(Cc2c(C)nc(Nc3ccc(F)cc3)[nH]c2=O)cc1. The second-order valence-corrected chi connectivity index (χ2v) is 5.77. The molecule has 0 atom stereocenters. The van der Waals surface area contributed by atoms with Gasteiger partial charge in [0.25, 0.3) is 5.56 Å². The summed E-state index contributed by atoms with van der Waals surface area (Å²) in [5.74, 6) is 0.0309. The summed E-state index contributed by atoms with van der Waals surface area (Å²) in [5.41, 5.74) is 4.04. The van der Waals surface area contributed by atoms with Gasteiger partial charge in [0.2, 0.25) is 5.95 Å². The molecule has 1 aromatic heterocycles. The highest BCUT2D eigenvalue weighted by molar-refractivity contribution is 5.53. The van der Waals surface area contributed by atoms with Crippen molar-refractivity contribution in [3.05, 3.63) is 87.1 Å². The average molecular weight is 323 g/mol. The first kappa shape index (κ1) is 15.9. The van der Waals surface area contributed by atoms with E-state index < -0.39 is 0 Å². The number of aromatic amines is 1. The largest absolute Gasteiger partial charge is 0.326 e. The van der Waals surface area contributed by atoms with Crippen molar-refractivity contribution in [2.45, 2.75) is 20.3 Å². The zero-order valence-corrected chi connectivity index (χ0v) is 13.6. The highest BCUT2D eigenvalue weighted by Crippen LogP contribution is 2.15. The summed E-state index contributed by atoms with van der Waals surface area (Å²) in [6, 6.07) is 13.9. The normalized spacial score (nSPS) is 10.6. The summed E-state index contributed by atoms with van der Waals surface area (Å²) in [6.07, 6.45) is 0.533. The zero-order valence-electron chi connectivity index (χ0n) is 13.6. The van der Waals surface area contributed by atoms with E-state index in [0.717, 1.165) is 5.56 Å². The molecule has 0 aliphatic carbocycles. The third kappa shape index (κ3) is 3.68. The Hall–Kier alpha value is -2.95. The fraction of sp³-hybridized carbons (Fsp3) is 0.158. The molecule has 0 unspecified atom stereocenters. The molecule has 4 nitrogen and oxygen atoms in total. The van der Waals surface area contributed by atoms with Gasteiger partial charge in [-0.05, 0) is 43.7 Å². The smallest absolute Gasteiger partial charge is 0.256 e. The number of anilines is 2. The minimum atomic E-state index is -0.313. The van der Waals surface area contributed by atoms with Gasteiger partial charge in [0.15, 0.2) is 0 Å². The minimum Gasteiger partial charge on any atom is -0.326 e. The summed E-state index contributed by atoms with van der Waals surface area (Å²) < 4.78 is 12.9. The van der Waals surface area contributed by atoms with E-state index in [4.69, 9.17) is 0 Å². The van der Waals surface area contributed by atoms with Crippen molar-refractivity contribution >= 4 is 11.6 Å². The fourth-order valence-electron chi connectivity index (χ4n) is 2.46. The van der Waals surface area contributed by atoms with Crippen LogP contribution in [-0.4, -0.2) is 9.97 Å². The Kier molecular flexibility index (Phi) is 4.42. The molecule has 0 aliphatic rings. The molecule has 2 N–H and O–H groups in total. The van der Waals surface area contributed by atoms with Crippen molar-refractivity contribution in [1.82, 2.24) is 9.97 Å². The van der Waals surface area contributed by atoms with E-state index in [2.05, 4.69) is 15.3 Å².